The molecular weight excluding hydrogens is 404 g/mol. The molecule has 0 radical (unpaired) electrons. The van der Waals surface area contributed by atoms with E-state index in [0.717, 1.165) is 35.4 Å². The monoisotopic (exact) mass is 428 g/mol. The highest BCUT2D eigenvalue weighted by atomic mass is 16.5. The van der Waals surface area contributed by atoms with Crippen molar-refractivity contribution in [2.24, 2.45) is 0 Å². The Labute approximate surface area is 185 Å². The lowest BCUT2D eigenvalue weighted by Crippen LogP contribution is -2.32. The molecule has 32 heavy (non-hydrogen) atoms. The summed E-state index contributed by atoms with van der Waals surface area (Å²) < 4.78 is 5.39. The standard InChI is InChI=1S/C24H24N6O2/c1-16-8-10-17(11-9-16)22-27-20(32-28-22)12-13-21(31)30-15-5-14-29(2)23-24(30)26-19-7-4-3-6-18(19)25-23/h3-4,6-11H,5,12-15H2,1-2H3. The van der Waals surface area contributed by atoms with Crippen LogP contribution >= 0.6 is 0 Å². The van der Waals surface area contributed by atoms with Crippen molar-refractivity contribution in [3.05, 3.63) is 60.0 Å². The number of fused-ring (bicyclic) bond motifs is 2. The molecule has 0 spiro atoms. The number of aromatic nitrogens is 4. The molecule has 8 heteroatoms. The summed E-state index contributed by atoms with van der Waals surface area (Å²) in [6.45, 7) is 3.44. The van der Waals surface area contributed by atoms with Crippen LogP contribution in [-0.4, -0.2) is 46.2 Å². The summed E-state index contributed by atoms with van der Waals surface area (Å²) in [5.74, 6) is 2.30. The van der Waals surface area contributed by atoms with Crippen LogP contribution in [0.25, 0.3) is 22.4 Å². The maximum atomic E-state index is 13.2. The number of benzene rings is 2. The van der Waals surface area contributed by atoms with E-state index >= 15 is 0 Å². The van der Waals surface area contributed by atoms with Gasteiger partial charge >= 0.3 is 0 Å². The number of amides is 1. The smallest absolute Gasteiger partial charge is 0.228 e. The van der Waals surface area contributed by atoms with Crippen LogP contribution in [0.1, 0.15) is 24.3 Å². The molecule has 5 rings (SSSR count). The second-order valence-electron chi connectivity index (χ2n) is 8.06. The molecular formula is C24H24N6O2. The van der Waals surface area contributed by atoms with Gasteiger partial charge < -0.3 is 9.42 Å². The topological polar surface area (TPSA) is 88.3 Å². The quantitative estimate of drug-likeness (QED) is 0.489. The third-order valence-electron chi connectivity index (χ3n) is 5.66. The summed E-state index contributed by atoms with van der Waals surface area (Å²) in [5.41, 5.74) is 3.66. The number of carbonyl (C=O) groups is 1. The van der Waals surface area contributed by atoms with Crippen molar-refractivity contribution >= 4 is 28.6 Å². The average molecular weight is 428 g/mol. The third kappa shape index (κ3) is 3.91. The molecule has 0 aliphatic carbocycles. The number of hydrogen-bond acceptors (Lipinski definition) is 7. The third-order valence-corrected chi connectivity index (χ3v) is 5.66. The Balaban J connectivity index is 1.35. The molecule has 2 aromatic heterocycles. The van der Waals surface area contributed by atoms with Gasteiger partial charge in [-0.3, -0.25) is 9.69 Å². The number of carbonyl (C=O) groups excluding carboxylic acids is 1. The van der Waals surface area contributed by atoms with E-state index in [-0.39, 0.29) is 12.3 Å². The minimum absolute atomic E-state index is 0.0267. The molecule has 0 saturated carbocycles. The van der Waals surface area contributed by atoms with Gasteiger partial charge in [0.1, 0.15) is 0 Å². The molecule has 162 valence electrons. The SMILES string of the molecule is Cc1ccc(-c2noc(CCC(=O)N3CCCN(C)c4nc5ccccc5nc43)n2)cc1. The van der Waals surface area contributed by atoms with Crippen molar-refractivity contribution in [1.82, 2.24) is 20.1 Å². The Morgan fingerprint density at radius 2 is 1.69 bits per heavy atom. The zero-order valence-electron chi connectivity index (χ0n) is 18.2. The summed E-state index contributed by atoms with van der Waals surface area (Å²) in [4.78, 5) is 31.0. The largest absolute Gasteiger partial charge is 0.357 e. The second-order valence-corrected chi connectivity index (χ2v) is 8.06. The first kappa shape index (κ1) is 20.1. The fourth-order valence-electron chi connectivity index (χ4n) is 3.86. The lowest BCUT2D eigenvalue weighted by Gasteiger charge is -2.22. The van der Waals surface area contributed by atoms with Crippen molar-refractivity contribution < 1.29 is 9.32 Å². The minimum atomic E-state index is -0.0267. The van der Waals surface area contributed by atoms with E-state index in [9.17, 15) is 4.79 Å². The van der Waals surface area contributed by atoms with Gasteiger partial charge in [-0.2, -0.15) is 4.98 Å². The molecule has 0 fully saturated rings. The average Bonchev–Trinajstić information content (AvgIpc) is 3.22. The zero-order valence-corrected chi connectivity index (χ0v) is 18.2. The van der Waals surface area contributed by atoms with E-state index in [1.165, 1.54) is 5.56 Å². The summed E-state index contributed by atoms with van der Waals surface area (Å²) in [7, 11) is 1.99. The molecule has 1 aliphatic heterocycles. The van der Waals surface area contributed by atoms with Crippen LogP contribution in [0.4, 0.5) is 11.6 Å². The number of rotatable bonds is 4. The summed E-state index contributed by atoms with van der Waals surface area (Å²) in [5, 5.41) is 4.06. The van der Waals surface area contributed by atoms with Gasteiger partial charge in [-0.15, -0.1) is 0 Å². The second kappa shape index (κ2) is 8.37. The van der Waals surface area contributed by atoms with Gasteiger partial charge in [-0.1, -0.05) is 47.1 Å². The van der Waals surface area contributed by atoms with Crippen molar-refractivity contribution in [2.45, 2.75) is 26.2 Å². The van der Waals surface area contributed by atoms with Crippen molar-refractivity contribution in [2.75, 3.05) is 29.9 Å². The molecule has 1 amide bonds. The van der Waals surface area contributed by atoms with Crippen molar-refractivity contribution in [3.63, 3.8) is 0 Å². The number of nitrogens with zero attached hydrogens (tertiary/aromatic N) is 6. The molecule has 1 aliphatic rings. The fraction of sp³-hybridized carbons (Fsp3) is 0.292. The van der Waals surface area contributed by atoms with E-state index in [0.29, 0.717) is 30.5 Å². The number of para-hydroxylation sites is 2. The summed E-state index contributed by atoms with van der Waals surface area (Å²) >= 11 is 0. The highest BCUT2D eigenvalue weighted by Gasteiger charge is 2.27. The van der Waals surface area contributed by atoms with Gasteiger partial charge in [-0.25, -0.2) is 9.97 Å². The van der Waals surface area contributed by atoms with Crippen molar-refractivity contribution in [1.29, 1.82) is 0 Å². The highest BCUT2D eigenvalue weighted by Crippen LogP contribution is 2.30. The predicted octanol–water partition coefficient (Wildman–Crippen LogP) is 3.79. The normalized spacial score (nSPS) is 13.8. The zero-order chi connectivity index (χ0) is 22.1. The van der Waals surface area contributed by atoms with Crippen LogP contribution in [0, 0.1) is 6.92 Å². The molecule has 0 saturated heterocycles. The Bertz CT molecular complexity index is 1270. The van der Waals surface area contributed by atoms with E-state index in [1.54, 1.807) is 4.90 Å². The van der Waals surface area contributed by atoms with Gasteiger partial charge in [-0.05, 0) is 25.5 Å². The molecule has 2 aromatic carbocycles. The molecule has 0 N–H and O–H groups in total. The number of anilines is 2. The summed E-state index contributed by atoms with van der Waals surface area (Å²) in [6, 6.07) is 15.7. The van der Waals surface area contributed by atoms with Crippen LogP contribution < -0.4 is 9.80 Å². The van der Waals surface area contributed by atoms with Gasteiger partial charge in [0.15, 0.2) is 11.6 Å². The van der Waals surface area contributed by atoms with Crippen LogP contribution in [0.15, 0.2) is 53.1 Å². The van der Waals surface area contributed by atoms with Crippen LogP contribution in [0.3, 0.4) is 0 Å². The highest BCUT2D eigenvalue weighted by molar-refractivity contribution is 5.96. The van der Waals surface area contributed by atoms with Crippen LogP contribution in [0.2, 0.25) is 0 Å². The maximum absolute atomic E-state index is 13.2. The Morgan fingerprint density at radius 3 is 2.44 bits per heavy atom. The lowest BCUT2D eigenvalue weighted by molar-refractivity contribution is -0.118. The van der Waals surface area contributed by atoms with Crippen LogP contribution in [-0.2, 0) is 11.2 Å². The van der Waals surface area contributed by atoms with Gasteiger partial charge in [0, 0.05) is 38.5 Å². The Kier molecular flexibility index (Phi) is 5.26. The fourth-order valence-corrected chi connectivity index (χ4v) is 3.86. The molecule has 0 unspecified atom stereocenters. The van der Waals surface area contributed by atoms with Gasteiger partial charge in [0.05, 0.1) is 11.0 Å². The van der Waals surface area contributed by atoms with Crippen LogP contribution in [0.5, 0.6) is 0 Å². The molecule has 4 aromatic rings. The van der Waals surface area contributed by atoms with E-state index in [4.69, 9.17) is 14.5 Å². The number of aryl methyl sites for hydroxylation is 2. The molecule has 0 bridgehead atoms. The maximum Gasteiger partial charge on any atom is 0.228 e. The predicted molar refractivity (Wildman–Crippen MR) is 123 cm³/mol. The molecule has 3 heterocycles. The van der Waals surface area contributed by atoms with Gasteiger partial charge in [0.25, 0.3) is 0 Å². The lowest BCUT2D eigenvalue weighted by atomic mass is 10.1. The summed E-state index contributed by atoms with van der Waals surface area (Å²) in [6.07, 6.45) is 1.47. The van der Waals surface area contributed by atoms with Crippen molar-refractivity contribution in [3.8, 4) is 11.4 Å². The molecule has 8 nitrogen and oxygen atoms in total. The minimum Gasteiger partial charge on any atom is -0.357 e. The van der Waals surface area contributed by atoms with Gasteiger partial charge in [0.2, 0.25) is 17.6 Å². The first-order chi connectivity index (χ1) is 15.6. The first-order valence-corrected chi connectivity index (χ1v) is 10.8. The Hall–Kier alpha value is -3.81. The van der Waals surface area contributed by atoms with E-state index < -0.39 is 0 Å². The molecule has 0 atom stereocenters. The number of hydrogen-bond donors (Lipinski definition) is 0. The first-order valence-electron chi connectivity index (χ1n) is 10.8. The van der Waals surface area contributed by atoms with E-state index in [2.05, 4.69) is 15.0 Å². The Morgan fingerprint density at radius 1 is 0.969 bits per heavy atom. The van der Waals surface area contributed by atoms with E-state index in [1.807, 2.05) is 62.5 Å².